The van der Waals surface area contributed by atoms with Gasteiger partial charge in [-0.3, -0.25) is 4.79 Å². The van der Waals surface area contributed by atoms with E-state index in [1.807, 2.05) is 0 Å². The number of halogens is 3. The van der Waals surface area contributed by atoms with Crippen LogP contribution in [0.5, 0.6) is 0 Å². The largest absolute Gasteiger partial charge is 0.458 e. The molecule has 0 aliphatic carbocycles. The molecular formula is C14H16F3N3O2. The number of carbonyl (C=O) groups excluding carboxylic acids is 1. The summed E-state index contributed by atoms with van der Waals surface area (Å²) in [4.78, 5) is 16.6. The molecule has 2 fully saturated rings. The molecule has 0 amide bonds. The topological polar surface area (TPSA) is 54.5 Å². The zero-order valence-electron chi connectivity index (χ0n) is 11.8. The van der Waals surface area contributed by atoms with Crippen LogP contribution >= 0.6 is 0 Å². The van der Waals surface area contributed by atoms with Crippen LogP contribution in [0.25, 0.3) is 0 Å². The number of nitrogens with one attached hydrogen (secondary N) is 1. The van der Waals surface area contributed by atoms with Gasteiger partial charge in [-0.15, -0.1) is 0 Å². The quantitative estimate of drug-likeness (QED) is 0.856. The second kappa shape index (κ2) is 5.42. The lowest BCUT2D eigenvalue weighted by Crippen LogP contribution is -2.63. The van der Waals surface area contributed by atoms with Crippen molar-refractivity contribution < 1.29 is 22.7 Å². The number of rotatable bonds is 3. The molecule has 1 aromatic rings. The van der Waals surface area contributed by atoms with Crippen molar-refractivity contribution in [2.24, 2.45) is 5.92 Å². The number of hydrogen-bond donors (Lipinski definition) is 1. The van der Waals surface area contributed by atoms with Gasteiger partial charge in [0.15, 0.2) is 0 Å². The van der Waals surface area contributed by atoms with Crippen LogP contribution in [0.2, 0.25) is 0 Å². The predicted octanol–water partition coefficient (Wildman–Crippen LogP) is 1.44. The number of pyridine rings is 1. The van der Waals surface area contributed by atoms with Crippen molar-refractivity contribution in [2.45, 2.75) is 18.2 Å². The Morgan fingerprint density at radius 3 is 3.05 bits per heavy atom. The van der Waals surface area contributed by atoms with Gasteiger partial charge in [-0.25, -0.2) is 4.98 Å². The molecule has 2 aliphatic rings. The first-order chi connectivity index (χ1) is 10.4. The number of fused-ring (bicyclic) bond motifs is 2. The fourth-order valence-electron chi connectivity index (χ4n) is 3.32. The maximum Gasteiger partial charge on any atom is 0.416 e. The lowest BCUT2D eigenvalue weighted by atomic mass is 9.82. The van der Waals surface area contributed by atoms with Crippen LogP contribution in [-0.4, -0.2) is 43.2 Å². The predicted molar refractivity (Wildman–Crippen MR) is 72.3 cm³/mol. The standard InChI is InChI=1S/C14H16F3N3O2/c15-14(16,17)11-1-2-19-12(3-11)20-6-10-4-13(8-20,22-9-21)7-18-5-10/h1-3,9-10,18H,4-8H2. The Labute approximate surface area is 125 Å². The number of aromatic nitrogens is 1. The number of ether oxygens (including phenoxy) is 1. The van der Waals surface area contributed by atoms with E-state index in [0.29, 0.717) is 32.5 Å². The Kier molecular flexibility index (Phi) is 3.72. The van der Waals surface area contributed by atoms with Crippen LogP contribution in [0, 0.1) is 5.92 Å². The molecule has 22 heavy (non-hydrogen) atoms. The van der Waals surface area contributed by atoms with Crippen LogP contribution in [0.1, 0.15) is 12.0 Å². The van der Waals surface area contributed by atoms with Crippen LogP contribution in [0.4, 0.5) is 19.0 Å². The molecule has 3 rings (SSSR count). The van der Waals surface area contributed by atoms with E-state index in [2.05, 4.69) is 10.3 Å². The molecule has 0 spiro atoms. The molecule has 0 saturated carbocycles. The van der Waals surface area contributed by atoms with Gasteiger partial charge in [0.05, 0.1) is 12.1 Å². The summed E-state index contributed by atoms with van der Waals surface area (Å²) in [5.41, 5.74) is -1.42. The first-order valence-electron chi connectivity index (χ1n) is 7.02. The van der Waals surface area contributed by atoms with Crippen molar-refractivity contribution in [1.82, 2.24) is 10.3 Å². The molecular weight excluding hydrogens is 299 g/mol. The number of anilines is 1. The fraction of sp³-hybridized carbons (Fsp3) is 0.571. The highest BCUT2D eigenvalue weighted by molar-refractivity contribution is 5.45. The Hall–Kier alpha value is -1.83. The molecule has 3 heterocycles. The summed E-state index contributed by atoms with van der Waals surface area (Å²) in [5, 5.41) is 3.21. The zero-order valence-corrected chi connectivity index (χ0v) is 11.8. The lowest BCUT2D eigenvalue weighted by Gasteiger charge is -2.48. The molecule has 0 aromatic carbocycles. The van der Waals surface area contributed by atoms with Crippen LogP contribution in [0.3, 0.4) is 0 Å². The number of nitrogens with zero attached hydrogens (tertiary/aromatic N) is 2. The highest BCUT2D eigenvalue weighted by atomic mass is 19.4. The van der Waals surface area contributed by atoms with Gasteiger partial charge in [0.25, 0.3) is 6.47 Å². The molecule has 2 unspecified atom stereocenters. The molecule has 2 aliphatic heterocycles. The third-order valence-corrected chi connectivity index (χ3v) is 4.19. The second-order valence-electron chi connectivity index (χ2n) is 5.88. The number of hydrogen-bond acceptors (Lipinski definition) is 5. The maximum absolute atomic E-state index is 12.8. The van der Waals surface area contributed by atoms with Crippen molar-refractivity contribution in [2.75, 3.05) is 31.1 Å². The van der Waals surface area contributed by atoms with E-state index in [1.54, 1.807) is 4.90 Å². The van der Waals surface area contributed by atoms with E-state index >= 15 is 0 Å². The smallest absolute Gasteiger partial charge is 0.416 e. The molecule has 0 radical (unpaired) electrons. The summed E-state index contributed by atoms with van der Waals surface area (Å²) in [5.74, 6) is 0.471. The first kappa shape index (κ1) is 15.1. The van der Waals surface area contributed by atoms with E-state index in [9.17, 15) is 18.0 Å². The van der Waals surface area contributed by atoms with Crippen molar-refractivity contribution in [3.63, 3.8) is 0 Å². The SMILES string of the molecule is O=COC12CNCC(CN(c3cc(C(F)(F)F)ccn3)C1)C2. The lowest BCUT2D eigenvalue weighted by molar-refractivity contribution is -0.147. The fourth-order valence-corrected chi connectivity index (χ4v) is 3.32. The van der Waals surface area contributed by atoms with Crippen molar-refractivity contribution in [3.05, 3.63) is 23.9 Å². The van der Waals surface area contributed by atoms with Gasteiger partial charge < -0.3 is 15.0 Å². The Morgan fingerprint density at radius 2 is 2.32 bits per heavy atom. The summed E-state index contributed by atoms with van der Waals surface area (Å²) >= 11 is 0. The summed E-state index contributed by atoms with van der Waals surface area (Å²) in [6.45, 7) is 2.58. The second-order valence-corrected chi connectivity index (χ2v) is 5.88. The molecule has 2 saturated heterocycles. The van der Waals surface area contributed by atoms with Gasteiger partial charge in [0.1, 0.15) is 11.4 Å². The van der Waals surface area contributed by atoms with Gasteiger partial charge in [0.2, 0.25) is 0 Å². The molecule has 1 N–H and O–H groups in total. The monoisotopic (exact) mass is 315 g/mol. The Balaban J connectivity index is 1.87. The first-order valence-corrected chi connectivity index (χ1v) is 7.02. The van der Waals surface area contributed by atoms with Gasteiger partial charge >= 0.3 is 6.18 Å². The van der Waals surface area contributed by atoms with Crippen molar-refractivity contribution >= 4 is 12.3 Å². The Morgan fingerprint density at radius 1 is 1.50 bits per heavy atom. The summed E-state index contributed by atoms with van der Waals surface area (Å²) < 4.78 is 43.8. The highest BCUT2D eigenvalue weighted by Crippen LogP contribution is 2.35. The minimum Gasteiger partial charge on any atom is -0.458 e. The van der Waals surface area contributed by atoms with Crippen molar-refractivity contribution in [3.8, 4) is 0 Å². The van der Waals surface area contributed by atoms with Gasteiger partial charge in [-0.2, -0.15) is 13.2 Å². The van der Waals surface area contributed by atoms with E-state index in [1.165, 1.54) is 0 Å². The third-order valence-electron chi connectivity index (χ3n) is 4.19. The molecule has 1 aromatic heterocycles. The molecule has 120 valence electrons. The maximum atomic E-state index is 12.8. The summed E-state index contributed by atoms with van der Waals surface area (Å²) in [6, 6.07) is 2.00. The van der Waals surface area contributed by atoms with Gasteiger partial charge in [-0.05, 0) is 31.0 Å². The van der Waals surface area contributed by atoms with E-state index < -0.39 is 17.3 Å². The Bertz CT molecular complexity index is 567. The van der Waals surface area contributed by atoms with Crippen molar-refractivity contribution in [1.29, 1.82) is 0 Å². The summed E-state index contributed by atoms with van der Waals surface area (Å²) in [7, 11) is 0. The van der Waals surface area contributed by atoms with Gasteiger partial charge in [-0.1, -0.05) is 0 Å². The number of piperidine rings is 2. The normalized spacial score (nSPS) is 28.3. The highest BCUT2D eigenvalue weighted by Gasteiger charge is 2.45. The van der Waals surface area contributed by atoms with E-state index in [0.717, 1.165) is 24.9 Å². The third kappa shape index (κ3) is 2.87. The minimum absolute atomic E-state index is 0.207. The van der Waals surface area contributed by atoms with Crippen LogP contribution in [-0.2, 0) is 15.7 Å². The molecule has 2 atom stereocenters. The minimum atomic E-state index is -4.40. The van der Waals surface area contributed by atoms with E-state index in [-0.39, 0.29) is 11.7 Å². The zero-order chi connectivity index (χ0) is 15.8. The average molecular weight is 315 g/mol. The average Bonchev–Trinajstić information content (AvgIpc) is 2.46. The van der Waals surface area contributed by atoms with E-state index in [4.69, 9.17) is 4.74 Å². The summed E-state index contributed by atoms with van der Waals surface area (Å²) in [6.07, 6.45) is -2.52. The van der Waals surface area contributed by atoms with Crippen LogP contribution in [0.15, 0.2) is 18.3 Å². The molecule has 5 nitrogen and oxygen atoms in total. The van der Waals surface area contributed by atoms with Crippen LogP contribution < -0.4 is 10.2 Å². The molecule has 8 heteroatoms. The number of alkyl halides is 3. The van der Waals surface area contributed by atoms with Gasteiger partial charge in [0, 0.05) is 19.3 Å². The number of carbonyl (C=O) groups is 1. The molecule has 2 bridgehead atoms.